The van der Waals surface area contributed by atoms with Crippen LogP contribution >= 0.6 is 0 Å². The number of rotatable bonds is 5. The third-order valence-electron chi connectivity index (χ3n) is 6.16. The Morgan fingerprint density at radius 2 is 1.94 bits per heavy atom. The number of benzene rings is 2. The Hall–Kier alpha value is -3.85. The molecule has 6 nitrogen and oxygen atoms in total. The van der Waals surface area contributed by atoms with Gasteiger partial charge in [-0.05, 0) is 37.1 Å². The zero-order valence-corrected chi connectivity index (χ0v) is 17.8. The van der Waals surface area contributed by atoms with Crippen molar-refractivity contribution in [3.05, 3.63) is 72.3 Å². The van der Waals surface area contributed by atoms with Gasteiger partial charge in [-0.2, -0.15) is 5.26 Å². The number of carbonyl (C=O) groups excluding carboxylic acids is 1. The van der Waals surface area contributed by atoms with Crippen molar-refractivity contribution in [2.75, 3.05) is 13.1 Å². The van der Waals surface area contributed by atoms with Crippen molar-refractivity contribution >= 4 is 34.0 Å². The van der Waals surface area contributed by atoms with E-state index >= 15 is 0 Å². The first-order valence-corrected chi connectivity index (χ1v) is 11.0. The topological polar surface area (TPSA) is 75.1 Å². The molecule has 4 aromatic rings. The van der Waals surface area contributed by atoms with Crippen LogP contribution in [0.1, 0.15) is 36.6 Å². The van der Waals surface area contributed by atoms with Gasteiger partial charge in [0.25, 0.3) is 0 Å². The molecule has 1 amide bonds. The van der Waals surface area contributed by atoms with E-state index in [9.17, 15) is 4.79 Å². The Kier molecular flexibility index (Phi) is 5.47. The van der Waals surface area contributed by atoms with Gasteiger partial charge in [-0.15, -0.1) is 0 Å². The molecule has 0 bridgehead atoms. The quantitative estimate of drug-likeness (QED) is 0.417. The molecule has 1 saturated heterocycles. The summed E-state index contributed by atoms with van der Waals surface area (Å²) < 4.78 is 8.01. The molecule has 0 unspecified atom stereocenters. The van der Waals surface area contributed by atoms with Crippen LogP contribution in [0.3, 0.4) is 0 Å². The molecular formula is C26H24N4O2. The highest BCUT2D eigenvalue weighted by molar-refractivity contribution is 5.96. The fraction of sp³-hybridized carbons (Fsp3) is 0.269. The number of aryl methyl sites for hydroxylation is 1. The van der Waals surface area contributed by atoms with Gasteiger partial charge in [0.1, 0.15) is 5.52 Å². The Labute approximate surface area is 186 Å². The molecule has 1 fully saturated rings. The number of para-hydroxylation sites is 3. The number of amides is 1. The van der Waals surface area contributed by atoms with Crippen LogP contribution < -0.4 is 0 Å². The minimum Gasteiger partial charge on any atom is -0.440 e. The monoisotopic (exact) mass is 424 g/mol. The van der Waals surface area contributed by atoms with Gasteiger partial charge >= 0.3 is 0 Å². The van der Waals surface area contributed by atoms with E-state index in [1.165, 1.54) is 0 Å². The van der Waals surface area contributed by atoms with E-state index in [2.05, 4.69) is 15.6 Å². The van der Waals surface area contributed by atoms with Crippen LogP contribution in [0.15, 0.2) is 65.2 Å². The van der Waals surface area contributed by atoms with Crippen LogP contribution in [-0.4, -0.2) is 33.4 Å². The fourth-order valence-electron chi connectivity index (χ4n) is 4.44. The van der Waals surface area contributed by atoms with Crippen LogP contribution in [0, 0.1) is 11.3 Å². The maximum absolute atomic E-state index is 12.8. The maximum atomic E-state index is 12.8. The zero-order chi connectivity index (χ0) is 21.9. The number of nitriles is 1. The van der Waals surface area contributed by atoms with Crippen molar-refractivity contribution in [2.45, 2.75) is 31.7 Å². The molecule has 0 atom stereocenters. The number of carbonyl (C=O) groups is 1. The van der Waals surface area contributed by atoms with Crippen LogP contribution in [-0.2, 0) is 11.3 Å². The molecule has 2 aromatic carbocycles. The van der Waals surface area contributed by atoms with Gasteiger partial charge in [-0.25, -0.2) is 4.98 Å². The third-order valence-corrected chi connectivity index (χ3v) is 6.16. The molecule has 32 heavy (non-hydrogen) atoms. The summed E-state index contributed by atoms with van der Waals surface area (Å²) in [5.74, 6) is 1.04. The molecule has 2 aromatic heterocycles. The van der Waals surface area contributed by atoms with Crippen molar-refractivity contribution < 1.29 is 9.21 Å². The SMILES string of the molecule is N#CCCn1cc(C=CC(=O)N2CCC(c3nc4ccccc4o3)CC2)c2ccccc21. The average molecular weight is 425 g/mol. The summed E-state index contributed by atoms with van der Waals surface area (Å²) in [7, 11) is 0. The lowest BCUT2D eigenvalue weighted by molar-refractivity contribution is -0.127. The first kappa shape index (κ1) is 20.1. The number of aromatic nitrogens is 2. The summed E-state index contributed by atoms with van der Waals surface area (Å²) >= 11 is 0. The molecule has 3 heterocycles. The molecule has 0 N–H and O–H groups in total. The summed E-state index contributed by atoms with van der Waals surface area (Å²) in [6.07, 6.45) is 7.72. The molecular weight excluding hydrogens is 400 g/mol. The number of hydrogen-bond acceptors (Lipinski definition) is 4. The second kappa shape index (κ2) is 8.72. The van der Waals surface area contributed by atoms with E-state index < -0.39 is 0 Å². The smallest absolute Gasteiger partial charge is 0.246 e. The van der Waals surface area contributed by atoms with Gasteiger partial charge in [-0.3, -0.25) is 4.79 Å². The summed E-state index contributed by atoms with van der Waals surface area (Å²) in [5.41, 5.74) is 3.78. The number of nitrogens with zero attached hydrogens (tertiary/aromatic N) is 4. The summed E-state index contributed by atoms with van der Waals surface area (Å²) in [6.45, 7) is 2.02. The van der Waals surface area contributed by atoms with E-state index in [0.717, 1.165) is 46.3 Å². The largest absolute Gasteiger partial charge is 0.440 e. The number of oxazole rings is 1. The third kappa shape index (κ3) is 3.90. The number of fused-ring (bicyclic) bond motifs is 2. The van der Waals surface area contributed by atoms with Crippen LogP contribution in [0.4, 0.5) is 0 Å². The van der Waals surface area contributed by atoms with Crippen LogP contribution in [0.5, 0.6) is 0 Å². The van der Waals surface area contributed by atoms with Crippen molar-refractivity contribution in [3.8, 4) is 6.07 Å². The van der Waals surface area contributed by atoms with E-state index in [-0.39, 0.29) is 11.8 Å². The number of hydrogen-bond donors (Lipinski definition) is 0. The van der Waals surface area contributed by atoms with Crippen LogP contribution in [0.25, 0.3) is 28.1 Å². The molecule has 5 rings (SSSR count). The molecule has 0 saturated carbocycles. The Bertz CT molecular complexity index is 1300. The molecule has 6 heteroatoms. The molecule has 0 spiro atoms. The molecule has 1 aliphatic rings. The van der Waals surface area contributed by atoms with E-state index in [0.29, 0.717) is 26.1 Å². The second-order valence-corrected chi connectivity index (χ2v) is 8.16. The molecule has 1 aliphatic heterocycles. The van der Waals surface area contributed by atoms with Gasteiger partial charge < -0.3 is 13.9 Å². The zero-order valence-electron chi connectivity index (χ0n) is 17.8. The van der Waals surface area contributed by atoms with Crippen molar-refractivity contribution in [3.63, 3.8) is 0 Å². The maximum Gasteiger partial charge on any atom is 0.246 e. The minimum atomic E-state index is 0.0230. The molecule has 0 aliphatic carbocycles. The van der Waals surface area contributed by atoms with E-state index in [1.807, 2.05) is 65.7 Å². The second-order valence-electron chi connectivity index (χ2n) is 8.16. The van der Waals surface area contributed by atoms with Crippen molar-refractivity contribution in [1.82, 2.24) is 14.5 Å². The lowest BCUT2D eigenvalue weighted by atomic mass is 9.96. The Morgan fingerprint density at radius 3 is 2.75 bits per heavy atom. The summed E-state index contributed by atoms with van der Waals surface area (Å²) in [5, 5.41) is 10.0. The van der Waals surface area contributed by atoms with Crippen molar-refractivity contribution in [1.29, 1.82) is 5.26 Å². The summed E-state index contributed by atoms with van der Waals surface area (Å²) in [4.78, 5) is 19.3. The standard InChI is InChI=1S/C26H24N4O2/c27-14-5-15-30-18-20(21-6-1-3-8-23(21)30)10-11-25(31)29-16-12-19(13-17-29)26-28-22-7-2-4-9-24(22)32-26/h1-4,6-11,18-19H,5,12-13,15-17H2. The Balaban J connectivity index is 1.25. The highest BCUT2D eigenvalue weighted by Crippen LogP contribution is 2.30. The minimum absolute atomic E-state index is 0.0230. The van der Waals surface area contributed by atoms with E-state index in [1.54, 1.807) is 6.08 Å². The van der Waals surface area contributed by atoms with Gasteiger partial charge in [-0.1, -0.05) is 30.3 Å². The lowest BCUT2D eigenvalue weighted by Crippen LogP contribution is -2.36. The predicted octanol–water partition coefficient (Wildman–Crippen LogP) is 5.12. The first-order valence-electron chi connectivity index (χ1n) is 11.0. The van der Waals surface area contributed by atoms with Gasteiger partial charge in [0.15, 0.2) is 11.5 Å². The number of likely N-dealkylation sites (tertiary alicyclic amines) is 1. The predicted molar refractivity (Wildman–Crippen MR) is 124 cm³/mol. The lowest BCUT2D eigenvalue weighted by Gasteiger charge is -2.29. The fourth-order valence-corrected chi connectivity index (χ4v) is 4.44. The normalized spacial score (nSPS) is 15.0. The average Bonchev–Trinajstić information content (AvgIpc) is 3.43. The number of piperidine rings is 1. The highest BCUT2D eigenvalue weighted by Gasteiger charge is 2.26. The summed E-state index contributed by atoms with van der Waals surface area (Å²) in [6, 6.07) is 18.1. The molecule has 0 radical (unpaired) electrons. The van der Waals surface area contributed by atoms with Gasteiger partial charge in [0.05, 0.1) is 12.5 Å². The highest BCUT2D eigenvalue weighted by atomic mass is 16.3. The van der Waals surface area contributed by atoms with Crippen molar-refractivity contribution in [2.24, 2.45) is 0 Å². The first-order chi connectivity index (χ1) is 15.7. The van der Waals surface area contributed by atoms with Gasteiger partial charge in [0, 0.05) is 54.3 Å². The van der Waals surface area contributed by atoms with Crippen LogP contribution in [0.2, 0.25) is 0 Å². The Morgan fingerprint density at radius 1 is 1.16 bits per heavy atom. The van der Waals surface area contributed by atoms with E-state index in [4.69, 9.17) is 9.68 Å². The molecule has 160 valence electrons. The van der Waals surface area contributed by atoms with Gasteiger partial charge in [0.2, 0.25) is 5.91 Å².